The molecule has 0 amide bonds. The van der Waals surface area contributed by atoms with Gasteiger partial charge in [0.2, 0.25) is 0 Å². The fraction of sp³-hybridized carbons (Fsp3) is 0.583. The van der Waals surface area contributed by atoms with E-state index in [0.717, 1.165) is 9.90 Å². The van der Waals surface area contributed by atoms with E-state index < -0.39 is 0 Å². The van der Waals surface area contributed by atoms with Crippen LogP contribution in [0, 0.1) is 0 Å². The normalized spacial score (nSPS) is 10.9. The number of ketones is 1. The van der Waals surface area contributed by atoms with Gasteiger partial charge in [-0.1, -0.05) is 0 Å². The second-order valence-corrected chi connectivity index (χ2v) is 5.95. The van der Waals surface area contributed by atoms with Crippen LogP contribution in [0.15, 0.2) is 4.90 Å². The minimum atomic E-state index is 0.0132. The summed E-state index contributed by atoms with van der Waals surface area (Å²) in [6.45, 7) is 6.90. The van der Waals surface area contributed by atoms with Crippen LogP contribution in [0.1, 0.15) is 30.4 Å². The molecule has 3 N–H and O–H groups in total. The zero-order valence-corrected chi connectivity index (χ0v) is 12.8. The van der Waals surface area contributed by atoms with E-state index in [-0.39, 0.29) is 11.9 Å². The number of nitrogens with two attached hydrogens (primary N) is 1. The van der Waals surface area contributed by atoms with E-state index in [9.17, 15) is 4.79 Å². The van der Waals surface area contributed by atoms with Gasteiger partial charge in [0.15, 0.2) is 5.78 Å². The number of Topliss-reactive ketones (excluding diaryl/α,β-unsaturated/α-hetero) is 1. The summed E-state index contributed by atoms with van der Waals surface area (Å²) in [7, 11) is 0. The van der Waals surface area contributed by atoms with Crippen LogP contribution in [0.4, 0.5) is 10.7 Å². The van der Waals surface area contributed by atoms with E-state index in [2.05, 4.69) is 5.32 Å². The quantitative estimate of drug-likeness (QED) is 0.458. The number of hydrogen-bond donors (Lipinski definition) is 2. The Bertz CT molecular complexity index is 416. The smallest absolute Gasteiger partial charge is 0.171 e. The molecule has 0 aliphatic rings. The molecule has 1 heterocycles. The Morgan fingerprint density at radius 1 is 1.56 bits per heavy atom. The Balaban J connectivity index is 2.70. The predicted octanol–water partition coefficient (Wildman–Crippen LogP) is 3.09. The van der Waals surface area contributed by atoms with Crippen LogP contribution in [-0.4, -0.2) is 31.3 Å². The third-order valence-corrected chi connectivity index (χ3v) is 4.49. The largest absolute Gasteiger partial charge is 0.396 e. The molecule has 6 heteroatoms. The molecule has 0 radical (unpaired) electrons. The summed E-state index contributed by atoms with van der Waals surface area (Å²) in [5.74, 6) is 0.0132. The Morgan fingerprint density at radius 3 is 2.72 bits per heavy atom. The van der Waals surface area contributed by atoms with Gasteiger partial charge < -0.3 is 15.8 Å². The van der Waals surface area contributed by atoms with Gasteiger partial charge in [0.05, 0.1) is 28.2 Å². The highest BCUT2D eigenvalue weighted by molar-refractivity contribution is 7.99. The van der Waals surface area contributed by atoms with E-state index >= 15 is 0 Å². The van der Waals surface area contributed by atoms with Crippen LogP contribution in [-0.2, 0) is 4.74 Å². The van der Waals surface area contributed by atoms with Crippen LogP contribution < -0.4 is 11.1 Å². The fourth-order valence-corrected chi connectivity index (χ4v) is 3.42. The van der Waals surface area contributed by atoms with E-state index in [0.29, 0.717) is 23.7 Å². The summed E-state index contributed by atoms with van der Waals surface area (Å²) < 4.78 is 5.46. The van der Waals surface area contributed by atoms with Crippen molar-refractivity contribution in [1.29, 1.82) is 0 Å². The lowest BCUT2D eigenvalue weighted by Gasteiger charge is -2.09. The molecule has 0 saturated carbocycles. The minimum absolute atomic E-state index is 0.0132. The molecule has 1 aromatic rings. The number of rotatable bonds is 7. The molecule has 102 valence electrons. The Kier molecular flexibility index (Phi) is 5.98. The molecular formula is C12H20N2O2S2. The topological polar surface area (TPSA) is 64.3 Å². The summed E-state index contributed by atoms with van der Waals surface area (Å²) in [5.41, 5.74) is 6.56. The van der Waals surface area contributed by atoms with Crippen LogP contribution in [0.3, 0.4) is 0 Å². The zero-order valence-electron chi connectivity index (χ0n) is 11.2. The molecular weight excluding hydrogens is 268 g/mol. The first kappa shape index (κ1) is 15.3. The number of carbonyl (C=O) groups is 1. The number of thioether (sulfide) groups is 1. The molecule has 0 unspecified atom stereocenters. The molecule has 0 bridgehead atoms. The Labute approximate surface area is 116 Å². The Hall–Kier alpha value is -0.720. The second kappa shape index (κ2) is 7.01. The molecule has 0 spiro atoms. The number of thiophene rings is 1. The number of nitrogens with one attached hydrogen (secondary N) is 1. The van der Waals surface area contributed by atoms with Gasteiger partial charge in [-0.25, -0.2) is 0 Å². The number of ether oxygens (including phenoxy) is 1. The van der Waals surface area contributed by atoms with E-state index in [1.54, 1.807) is 11.8 Å². The maximum Gasteiger partial charge on any atom is 0.171 e. The predicted molar refractivity (Wildman–Crippen MR) is 80.1 cm³/mol. The second-order valence-electron chi connectivity index (χ2n) is 4.11. The van der Waals surface area contributed by atoms with E-state index in [1.807, 2.05) is 20.1 Å². The van der Waals surface area contributed by atoms with Crippen molar-refractivity contribution in [2.24, 2.45) is 0 Å². The van der Waals surface area contributed by atoms with Crippen LogP contribution in [0.25, 0.3) is 0 Å². The molecule has 18 heavy (non-hydrogen) atoms. The highest BCUT2D eigenvalue weighted by Crippen LogP contribution is 2.41. The molecule has 0 aromatic carbocycles. The first-order chi connectivity index (χ1) is 8.47. The lowest BCUT2D eigenvalue weighted by Crippen LogP contribution is -2.12. The van der Waals surface area contributed by atoms with Gasteiger partial charge in [-0.3, -0.25) is 4.79 Å². The number of anilines is 2. The first-order valence-corrected chi connectivity index (χ1v) is 7.84. The zero-order chi connectivity index (χ0) is 13.7. The van der Waals surface area contributed by atoms with Gasteiger partial charge in [-0.15, -0.1) is 23.1 Å². The molecule has 0 atom stereocenters. The molecule has 0 aliphatic carbocycles. The van der Waals surface area contributed by atoms with Crippen LogP contribution >= 0.6 is 23.1 Å². The third-order valence-electron chi connectivity index (χ3n) is 2.26. The van der Waals surface area contributed by atoms with Crippen molar-refractivity contribution in [3.05, 3.63) is 4.88 Å². The maximum absolute atomic E-state index is 11.4. The highest BCUT2D eigenvalue weighted by Gasteiger charge is 2.17. The average Bonchev–Trinajstić information content (AvgIpc) is 2.61. The molecule has 1 rings (SSSR count). The molecule has 0 aliphatic heterocycles. The molecule has 0 saturated heterocycles. The standard InChI is InChI=1S/C12H20N2O2S2/c1-7(2)16-6-5-14-12-11(17-4)9(13)10(18-12)8(3)15/h7,14H,5-6,13H2,1-4H3. The van der Waals surface area contributed by atoms with Gasteiger partial charge in [0.25, 0.3) is 0 Å². The molecule has 1 aromatic heterocycles. The van der Waals surface area contributed by atoms with Crippen LogP contribution in [0.2, 0.25) is 0 Å². The van der Waals surface area contributed by atoms with Crippen molar-refractivity contribution in [2.75, 3.05) is 30.5 Å². The Morgan fingerprint density at radius 2 is 2.22 bits per heavy atom. The lowest BCUT2D eigenvalue weighted by molar-refractivity contribution is 0.0870. The third kappa shape index (κ3) is 3.90. The highest BCUT2D eigenvalue weighted by atomic mass is 32.2. The number of nitrogen functional groups attached to an aromatic ring is 1. The van der Waals surface area contributed by atoms with E-state index in [1.165, 1.54) is 18.3 Å². The summed E-state index contributed by atoms with van der Waals surface area (Å²) in [6, 6.07) is 0. The molecule has 4 nitrogen and oxygen atoms in total. The van der Waals surface area contributed by atoms with Gasteiger partial charge in [-0.2, -0.15) is 0 Å². The van der Waals surface area contributed by atoms with Gasteiger partial charge in [0, 0.05) is 13.5 Å². The van der Waals surface area contributed by atoms with Crippen molar-refractivity contribution in [2.45, 2.75) is 31.8 Å². The maximum atomic E-state index is 11.4. The lowest BCUT2D eigenvalue weighted by atomic mass is 10.3. The SMILES string of the molecule is CSc1c(NCCOC(C)C)sc(C(C)=O)c1N. The van der Waals surface area contributed by atoms with Crippen molar-refractivity contribution >= 4 is 39.6 Å². The fourth-order valence-electron chi connectivity index (χ4n) is 1.47. The van der Waals surface area contributed by atoms with E-state index in [4.69, 9.17) is 10.5 Å². The summed E-state index contributed by atoms with van der Waals surface area (Å²) in [6.07, 6.45) is 2.19. The van der Waals surface area contributed by atoms with Crippen LogP contribution in [0.5, 0.6) is 0 Å². The monoisotopic (exact) mass is 288 g/mol. The minimum Gasteiger partial charge on any atom is -0.396 e. The average molecular weight is 288 g/mol. The van der Waals surface area contributed by atoms with Gasteiger partial charge in [-0.05, 0) is 20.1 Å². The molecule has 0 fully saturated rings. The summed E-state index contributed by atoms with van der Waals surface area (Å²) in [4.78, 5) is 13.0. The van der Waals surface area contributed by atoms with Crippen molar-refractivity contribution in [3.8, 4) is 0 Å². The first-order valence-electron chi connectivity index (χ1n) is 5.80. The van der Waals surface area contributed by atoms with Crippen molar-refractivity contribution in [3.63, 3.8) is 0 Å². The van der Waals surface area contributed by atoms with Gasteiger partial charge in [0.1, 0.15) is 5.00 Å². The summed E-state index contributed by atoms with van der Waals surface area (Å²) in [5, 5.41) is 4.23. The van der Waals surface area contributed by atoms with Gasteiger partial charge >= 0.3 is 0 Å². The summed E-state index contributed by atoms with van der Waals surface area (Å²) >= 11 is 2.97. The number of carbonyl (C=O) groups excluding carboxylic acids is 1. The number of hydrogen-bond acceptors (Lipinski definition) is 6. The van der Waals surface area contributed by atoms with Crippen molar-refractivity contribution < 1.29 is 9.53 Å². The van der Waals surface area contributed by atoms with Crippen molar-refractivity contribution in [1.82, 2.24) is 0 Å².